The summed E-state index contributed by atoms with van der Waals surface area (Å²) in [6, 6.07) is 11.1. The molecule has 1 aliphatic rings. The summed E-state index contributed by atoms with van der Waals surface area (Å²) in [7, 11) is 0. The Balaban J connectivity index is 1.65. The van der Waals surface area contributed by atoms with Crippen LogP contribution in [-0.4, -0.2) is 46.6 Å². The van der Waals surface area contributed by atoms with E-state index in [9.17, 15) is 14.3 Å². The Morgan fingerprint density at radius 3 is 2.84 bits per heavy atom. The van der Waals surface area contributed by atoms with Crippen LogP contribution in [0.4, 0.5) is 4.39 Å². The van der Waals surface area contributed by atoms with Crippen LogP contribution in [-0.2, 0) is 6.54 Å². The first kappa shape index (κ1) is 17.5. The molecule has 25 heavy (non-hydrogen) atoms. The molecule has 5 nitrogen and oxygen atoms in total. The van der Waals surface area contributed by atoms with Crippen LogP contribution >= 0.6 is 0 Å². The Kier molecular flexibility index (Phi) is 5.73. The Bertz CT molecular complexity index is 711. The third-order valence-corrected chi connectivity index (χ3v) is 4.61. The molecule has 1 saturated heterocycles. The number of nitrogens with zero attached hydrogens (tertiary/aromatic N) is 2. The predicted molar refractivity (Wildman–Crippen MR) is 92.4 cm³/mol. The number of aromatic nitrogens is 1. The molecule has 2 aromatic rings. The monoisotopic (exact) mass is 343 g/mol. The van der Waals surface area contributed by atoms with E-state index >= 15 is 0 Å². The zero-order valence-corrected chi connectivity index (χ0v) is 13.9. The second-order valence-corrected chi connectivity index (χ2v) is 6.42. The van der Waals surface area contributed by atoms with Crippen molar-refractivity contribution in [3.8, 4) is 0 Å². The maximum absolute atomic E-state index is 13.3. The van der Waals surface area contributed by atoms with E-state index in [2.05, 4.69) is 27.3 Å². The number of rotatable bonds is 5. The molecule has 0 unspecified atom stereocenters. The number of piperidine rings is 1. The molecule has 0 bridgehead atoms. The normalized spacial score (nSPS) is 21.0. The Morgan fingerprint density at radius 1 is 1.32 bits per heavy atom. The first-order valence-electron chi connectivity index (χ1n) is 8.44. The van der Waals surface area contributed by atoms with Gasteiger partial charge in [-0.1, -0.05) is 30.3 Å². The number of nitrogens with one attached hydrogen (secondary N) is 1. The number of carbonyl (C=O) groups excluding carboxylic acids is 1. The van der Waals surface area contributed by atoms with Gasteiger partial charge in [-0.05, 0) is 24.6 Å². The minimum atomic E-state index is -0.541. The summed E-state index contributed by atoms with van der Waals surface area (Å²) in [5.74, 6) is -0.907. The highest BCUT2D eigenvalue weighted by Gasteiger charge is 2.30. The Labute approximate surface area is 146 Å². The number of aliphatic hydroxyl groups is 1. The van der Waals surface area contributed by atoms with Crippen LogP contribution in [0.25, 0.3) is 0 Å². The molecular formula is C19H22FN3O2. The lowest BCUT2D eigenvalue weighted by atomic mass is 9.91. The number of carbonyl (C=O) groups is 1. The molecule has 0 saturated carbocycles. The number of likely N-dealkylation sites (tertiary alicyclic amines) is 1. The highest BCUT2D eigenvalue weighted by Crippen LogP contribution is 2.20. The lowest BCUT2D eigenvalue weighted by Gasteiger charge is -2.38. The van der Waals surface area contributed by atoms with E-state index in [4.69, 9.17) is 0 Å². The van der Waals surface area contributed by atoms with Gasteiger partial charge in [-0.2, -0.15) is 0 Å². The molecule has 1 aromatic heterocycles. The summed E-state index contributed by atoms with van der Waals surface area (Å²) >= 11 is 0. The van der Waals surface area contributed by atoms with Crippen molar-refractivity contribution in [3.05, 3.63) is 65.7 Å². The standard InChI is InChI=1S/C19H22FN3O2/c20-17-8-16(9-21-10-17)19(25)22-18-12-23(7-6-15(18)13-24)11-14-4-2-1-3-5-14/h1-5,8-10,15,18,24H,6-7,11-13H2,(H,22,25)/t15-,18+/m1/s1. The smallest absolute Gasteiger partial charge is 0.253 e. The van der Waals surface area contributed by atoms with Crippen LogP contribution in [0.1, 0.15) is 22.3 Å². The number of halogens is 1. The zero-order chi connectivity index (χ0) is 17.6. The molecule has 2 atom stereocenters. The average molecular weight is 343 g/mol. The minimum Gasteiger partial charge on any atom is -0.396 e. The van der Waals surface area contributed by atoms with Gasteiger partial charge in [0.15, 0.2) is 0 Å². The van der Waals surface area contributed by atoms with Crippen LogP contribution in [0.2, 0.25) is 0 Å². The predicted octanol–water partition coefficient (Wildman–Crippen LogP) is 1.83. The summed E-state index contributed by atoms with van der Waals surface area (Å²) in [5.41, 5.74) is 1.40. The van der Waals surface area contributed by atoms with Gasteiger partial charge >= 0.3 is 0 Å². The molecule has 132 valence electrons. The molecule has 2 heterocycles. The van der Waals surface area contributed by atoms with Crippen LogP contribution in [0.5, 0.6) is 0 Å². The maximum atomic E-state index is 13.3. The molecule has 3 rings (SSSR count). The van der Waals surface area contributed by atoms with Gasteiger partial charge in [-0.3, -0.25) is 14.7 Å². The van der Waals surface area contributed by atoms with Crippen molar-refractivity contribution in [1.29, 1.82) is 0 Å². The van der Waals surface area contributed by atoms with Gasteiger partial charge in [-0.15, -0.1) is 0 Å². The number of aliphatic hydroxyl groups excluding tert-OH is 1. The lowest BCUT2D eigenvalue weighted by molar-refractivity contribution is 0.0730. The van der Waals surface area contributed by atoms with E-state index in [0.29, 0.717) is 6.54 Å². The molecule has 0 spiro atoms. The first-order chi connectivity index (χ1) is 12.2. The third-order valence-electron chi connectivity index (χ3n) is 4.61. The molecule has 1 aliphatic heterocycles. The summed E-state index contributed by atoms with van der Waals surface area (Å²) < 4.78 is 13.3. The van der Waals surface area contributed by atoms with E-state index < -0.39 is 5.82 Å². The largest absolute Gasteiger partial charge is 0.396 e. The summed E-state index contributed by atoms with van der Waals surface area (Å²) in [4.78, 5) is 18.3. The molecule has 0 aliphatic carbocycles. The summed E-state index contributed by atoms with van der Waals surface area (Å²) in [6.07, 6.45) is 3.21. The fourth-order valence-electron chi connectivity index (χ4n) is 3.22. The van der Waals surface area contributed by atoms with Crippen LogP contribution < -0.4 is 5.32 Å². The van der Waals surface area contributed by atoms with Crippen LogP contribution in [0.3, 0.4) is 0 Å². The van der Waals surface area contributed by atoms with Gasteiger partial charge in [0.05, 0.1) is 11.8 Å². The van der Waals surface area contributed by atoms with Gasteiger partial charge in [0.1, 0.15) is 5.82 Å². The molecule has 0 radical (unpaired) electrons. The van der Waals surface area contributed by atoms with Gasteiger partial charge in [0.25, 0.3) is 5.91 Å². The van der Waals surface area contributed by atoms with Gasteiger partial charge < -0.3 is 10.4 Å². The average Bonchev–Trinajstić information content (AvgIpc) is 2.63. The zero-order valence-electron chi connectivity index (χ0n) is 13.9. The number of hydrogen-bond donors (Lipinski definition) is 2. The van der Waals surface area contributed by atoms with E-state index in [1.165, 1.54) is 17.8 Å². The first-order valence-corrected chi connectivity index (χ1v) is 8.44. The SMILES string of the molecule is O=C(N[C@H]1CN(Cc2ccccc2)CC[C@@H]1CO)c1cncc(F)c1. The molecule has 1 aromatic carbocycles. The molecule has 6 heteroatoms. The van der Waals surface area contributed by atoms with Crippen molar-refractivity contribution in [1.82, 2.24) is 15.2 Å². The van der Waals surface area contributed by atoms with E-state index in [1.54, 1.807) is 0 Å². The molecule has 2 N–H and O–H groups in total. The summed E-state index contributed by atoms with van der Waals surface area (Å²) in [5, 5.41) is 12.6. The van der Waals surface area contributed by atoms with Crippen LogP contribution in [0.15, 0.2) is 48.8 Å². The molecular weight excluding hydrogens is 321 g/mol. The maximum Gasteiger partial charge on any atom is 0.253 e. The lowest BCUT2D eigenvalue weighted by Crippen LogP contribution is -2.53. The second-order valence-electron chi connectivity index (χ2n) is 6.42. The van der Waals surface area contributed by atoms with E-state index in [1.807, 2.05) is 18.2 Å². The summed E-state index contributed by atoms with van der Waals surface area (Å²) in [6.45, 7) is 2.33. The fraction of sp³-hybridized carbons (Fsp3) is 0.368. The fourth-order valence-corrected chi connectivity index (χ4v) is 3.22. The quantitative estimate of drug-likeness (QED) is 0.869. The van der Waals surface area contributed by atoms with E-state index in [-0.39, 0.29) is 30.0 Å². The second kappa shape index (κ2) is 8.18. The van der Waals surface area contributed by atoms with Gasteiger partial charge in [-0.25, -0.2) is 4.39 Å². The molecule has 1 fully saturated rings. The van der Waals surface area contributed by atoms with Gasteiger partial charge in [0.2, 0.25) is 0 Å². The van der Waals surface area contributed by atoms with Crippen molar-refractivity contribution in [2.45, 2.75) is 19.0 Å². The topological polar surface area (TPSA) is 65.5 Å². The third kappa shape index (κ3) is 4.61. The molecule has 1 amide bonds. The van der Waals surface area contributed by atoms with E-state index in [0.717, 1.165) is 25.7 Å². The Morgan fingerprint density at radius 2 is 2.12 bits per heavy atom. The number of hydrogen-bond acceptors (Lipinski definition) is 4. The van der Waals surface area contributed by atoms with Crippen molar-refractivity contribution < 1.29 is 14.3 Å². The Hall–Kier alpha value is -2.31. The number of pyridine rings is 1. The number of amides is 1. The van der Waals surface area contributed by atoms with Crippen molar-refractivity contribution in [2.24, 2.45) is 5.92 Å². The van der Waals surface area contributed by atoms with Crippen molar-refractivity contribution in [2.75, 3.05) is 19.7 Å². The number of benzene rings is 1. The highest BCUT2D eigenvalue weighted by atomic mass is 19.1. The highest BCUT2D eigenvalue weighted by molar-refractivity contribution is 5.94. The minimum absolute atomic E-state index is 0.00232. The van der Waals surface area contributed by atoms with Crippen molar-refractivity contribution in [3.63, 3.8) is 0 Å². The van der Waals surface area contributed by atoms with Gasteiger partial charge in [0, 0.05) is 37.9 Å². The van der Waals surface area contributed by atoms with Crippen LogP contribution in [0, 0.1) is 11.7 Å². The van der Waals surface area contributed by atoms with Crippen molar-refractivity contribution >= 4 is 5.91 Å².